The van der Waals surface area contributed by atoms with E-state index in [1.807, 2.05) is 24.3 Å². The molecule has 3 rings (SSSR count). The number of hydrogen-bond donors (Lipinski definition) is 1. The van der Waals surface area contributed by atoms with Gasteiger partial charge in [0, 0.05) is 0 Å². The van der Waals surface area contributed by atoms with Crippen LogP contribution >= 0.6 is 23.2 Å². The van der Waals surface area contributed by atoms with Crippen molar-refractivity contribution in [3.8, 4) is 11.5 Å². The molecule has 22 heavy (non-hydrogen) atoms. The Balaban J connectivity index is 1.62. The minimum Gasteiger partial charge on any atom is -0.486 e. The molecule has 1 aliphatic heterocycles. The molecule has 0 unspecified atom stereocenters. The number of carbonyl (C=O) groups excluding carboxylic acids is 1. The Hall–Kier alpha value is -1.91. The van der Waals surface area contributed by atoms with Gasteiger partial charge in [0.05, 0.1) is 22.2 Å². The molecule has 0 saturated carbocycles. The fourth-order valence-corrected chi connectivity index (χ4v) is 2.53. The van der Waals surface area contributed by atoms with E-state index in [1.165, 1.54) is 0 Å². The molecule has 2 aromatic rings. The quantitative estimate of drug-likeness (QED) is 0.931. The Morgan fingerprint density at radius 1 is 1.14 bits per heavy atom. The van der Waals surface area contributed by atoms with E-state index < -0.39 is 0 Å². The summed E-state index contributed by atoms with van der Waals surface area (Å²) in [4.78, 5) is 12.2. The third-order valence-corrected chi connectivity index (χ3v) is 4.07. The highest BCUT2D eigenvalue weighted by molar-refractivity contribution is 6.43. The molecule has 114 valence electrons. The molecule has 0 saturated heterocycles. The molecule has 1 heterocycles. The van der Waals surface area contributed by atoms with Gasteiger partial charge in [-0.3, -0.25) is 4.79 Å². The van der Waals surface area contributed by atoms with Crippen LogP contribution in [0.3, 0.4) is 0 Å². The maximum absolute atomic E-state index is 12.2. The Bertz CT molecular complexity index is 706. The molecular weight excluding hydrogens is 325 g/mol. The lowest BCUT2D eigenvalue weighted by atomic mass is 10.2. The van der Waals surface area contributed by atoms with Crippen LogP contribution in [0.4, 0.5) is 0 Å². The molecule has 1 atom stereocenters. The van der Waals surface area contributed by atoms with Gasteiger partial charge in [0.1, 0.15) is 12.7 Å². The van der Waals surface area contributed by atoms with E-state index in [0.29, 0.717) is 35.2 Å². The maximum atomic E-state index is 12.2. The number of ether oxygens (including phenoxy) is 2. The molecule has 0 spiro atoms. The second-order valence-electron chi connectivity index (χ2n) is 4.81. The number of benzene rings is 2. The number of halogens is 2. The number of rotatable bonds is 3. The Labute approximate surface area is 137 Å². The summed E-state index contributed by atoms with van der Waals surface area (Å²) in [7, 11) is 0. The third-order valence-electron chi connectivity index (χ3n) is 3.25. The summed E-state index contributed by atoms with van der Waals surface area (Å²) in [5.74, 6) is 1.09. The van der Waals surface area contributed by atoms with E-state index in [1.54, 1.807) is 18.2 Å². The number of amides is 1. The van der Waals surface area contributed by atoms with Crippen LogP contribution in [0.5, 0.6) is 11.5 Å². The molecule has 1 N–H and O–H groups in total. The first-order valence-electron chi connectivity index (χ1n) is 6.76. The summed E-state index contributed by atoms with van der Waals surface area (Å²) in [6.45, 7) is 0.691. The number of fused-ring (bicyclic) bond motifs is 1. The summed E-state index contributed by atoms with van der Waals surface area (Å²) >= 11 is 11.9. The summed E-state index contributed by atoms with van der Waals surface area (Å²) in [5.41, 5.74) is 0.339. The smallest absolute Gasteiger partial charge is 0.252 e. The van der Waals surface area contributed by atoms with Gasteiger partial charge >= 0.3 is 0 Å². The van der Waals surface area contributed by atoms with Crippen molar-refractivity contribution in [1.82, 2.24) is 5.32 Å². The number of hydrogen-bond acceptors (Lipinski definition) is 3. The highest BCUT2D eigenvalue weighted by atomic mass is 35.5. The molecule has 1 amide bonds. The first-order valence-corrected chi connectivity index (χ1v) is 7.51. The van der Waals surface area contributed by atoms with Gasteiger partial charge in [0.2, 0.25) is 0 Å². The summed E-state index contributed by atoms with van der Waals surface area (Å²) in [6, 6.07) is 12.4. The van der Waals surface area contributed by atoms with Crippen LogP contribution in [0.25, 0.3) is 0 Å². The minimum atomic E-state index is -0.296. The third kappa shape index (κ3) is 3.13. The highest BCUT2D eigenvalue weighted by Gasteiger charge is 2.22. The molecule has 0 aliphatic carbocycles. The van der Waals surface area contributed by atoms with Gasteiger partial charge in [-0.2, -0.15) is 0 Å². The zero-order valence-electron chi connectivity index (χ0n) is 11.5. The number of para-hydroxylation sites is 2. The van der Waals surface area contributed by atoms with Crippen LogP contribution in [0, 0.1) is 0 Å². The second kappa shape index (κ2) is 6.46. The fourth-order valence-electron chi connectivity index (χ4n) is 2.14. The molecule has 4 nitrogen and oxygen atoms in total. The van der Waals surface area contributed by atoms with Crippen molar-refractivity contribution in [1.29, 1.82) is 0 Å². The number of nitrogens with one attached hydrogen (secondary N) is 1. The molecule has 0 bridgehead atoms. The van der Waals surface area contributed by atoms with Gasteiger partial charge in [0.25, 0.3) is 5.91 Å². The van der Waals surface area contributed by atoms with E-state index in [2.05, 4.69) is 5.32 Å². The summed E-state index contributed by atoms with van der Waals surface area (Å²) in [6.07, 6.45) is -0.253. The van der Waals surface area contributed by atoms with Crippen LogP contribution in [-0.2, 0) is 0 Å². The van der Waals surface area contributed by atoms with Crippen molar-refractivity contribution in [2.24, 2.45) is 0 Å². The van der Waals surface area contributed by atoms with Crippen molar-refractivity contribution >= 4 is 29.1 Å². The Kier molecular flexibility index (Phi) is 4.41. The Morgan fingerprint density at radius 2 is 1.91 bits per heavy atom. The van der Waals surface area contributed by atoms with Crippen LogP contribution in [0.15, 0.2) is 42.5 Å². The van der Waals surface area contributed by atoms with E-state index >= 15 is 0 Å². The zero-order valence-corrected chi connectivity index (χ0v) is 13.0. The van der Waals surface area contributed by atoms with Crippen LogP contribution in [0.1, 0.15) is 10.4 Å². The standard InChI is InChI=1S/C16H13Cl2NO3/c17-12-5-3-4-11(15(12)18)16(20)19-8-10-9-21-13-6-1-2-7-14(13)22-10/h1-7,10H,8-9H2,(H,19,20)/t10-/m0/s1. The molecule has 2 aromatic carbocycles. The summed E-state index contributed by atoms with van der Waals surface area (Å²) in [5, 5.41) is 3.37. The van der Waals surface area contributed by atoms with Crippen LogP contribution in [0.2, 0.25) is 10.0 Å². The lowest BCUT2D eigenvalue weighted by Crippen LogP contribution is -2.40. The SMILES string of the molecule is O=C(NC[C@H]1COc2ccccc2O1)c1cccc(Cl)c1Cl. The van der Waals surface area contributed by atoms with Gasteiger partial charge in [-0.15, -0.1) is 0 Å². The van der Waals surface area contributed by atoms with Crippen molar-refractivity contribution < 1.29 is 14.3 Å². The van der Waals surface area contributed by atoms with Crippen molar-refractivity contribution in [3.05, 3.63) is 58.1 Å². The van der Waals surface area contributed by atoms with E-state index in [-0.39, 0.29) is 17.0 Å². The normalized spacial score (nSPS) is 16.2. The monoisotopic (exact) mass is 337 g/mol. The largest absolute Gasteiger partial charge is 0.486 e. The van der Waals surface area contributed by atoms with E-state index in [9.17, 15) is 4.79 Å². The van der Waals surface area contributed by atoms with Gasteiger partial charge in [-0.25, -0.2) is 0 Å². The lowest BCUT2D eigenvalue weighted by molar-refractivity contribution is 0.0789. The Morgan fingerprint density at radius 3 is 2.73 bits per heavy atom. The van der Waals surface area contributed by atoms with Crippen LogP contribution in [-0.4, -0.2) is 25.2 Å². The molecule has 0 radical (unpaired) electrons. The van der Waals surface area contributed by atoms with Crippen molar-refractivity contribution in [2.45, 2.75) is 6.10 Å². The molecule has 6 heteroatoms. The highest BCUT2D eigenvalue weighted by Crippen LogP contribution is 2.30. The maximum Gasteiger partial charge on any atom is 0.252 e. The molecular formula is C16H13Cl2NO3. The van der Waals surface area contributed by atoms with Gasteiger partial charge < -0.3 is 14.8 Å². The van der Waals surface area contributed by atoms with Gasteiger partial charge in [-0.1, -0.05) is 41.4 Å². The predicted octanol–water partition coefficient (Wildman–Crippen LogP) is 3.56. The first kappa shape index (κ1) is 15.0. The average molecular weight is 338 g/mol. The topological polar surface area (TPSA) is 47.6 Å². The van der Waals surface area contributed by atoms with E-state index in [0.717, 1.165) is 0 Å². The number of carbonyl (C=O) groups is 1. The van der Waals surface area contributed by atoms with Crippen molar-refractivity contribution in [2.75, 3.05) is 13.2 Å². The summed E-state index contributed by atoms with van der Waals surface area (Å²) < 4.78 is 11.4. The van der Waals surface area contributed by atoms with Gasteiger partial charge in [-0.05, 0) is 24.3 Å². The lowest BCUT2D eigenvalue weighted by Gasteiger charge is -2.26. The fraction of sp³-hybridized carbons (Fsp3) is 0.188. The first-order chi connectivity index (χ1) is 10.6. The van der Waals surface area contributed by atoms with Crippen molar-refractivity contribution in [3.63, 3.8) is 0 Å². The molecule has 0 fully saturated rings. The second-order valence-corrected chi connectivity index (χ2v) is 5.59. The van der Waals surface area contributed by atoms with E-state index in [4.69, 9.17) is 32.7 Å². The predicted molar refractivity (Wildman–Crippen MR) is 85.1 cm³/mol. The minimum absolute atomic E-state index is 0.243. The molecule has 0 aromatic heterocycles. The zero-order chi connectivity index (χ0) is 15.5. The van der Waals surface area contributed by atoms with Crippen LogP contribution < -0.4 is 14.8 Å². The molecule has 1 aliphatic rings. The van der Waals surface area contributed by atoms with Gasteiger partial charge in [0.15, 0.2) is 11.5 Å². The average Bonchev–Trinajstić information content (AvgIpc) is 2.55.